The van der Waals surface area contributed by atoms with Gasteiger partial charge in [-0.2, -0.15) is 0 Å². The summed E-state index contributed by atoms with van der Waals surface area (Å²) in [6.07, 6.45) is 33.7. The molecule has 2 nitrogen and oxygen atoms in total. The number of pyridine rings is 1. The van der Waals surface area contributed by atoms with Gasteiger partial charge in [0.1, 0.15) is 0 Å². The fraction of sp³-hybridized carbons (Fsp3) is 0.135. The quantitative estimate of drug-likeness (QED) is 0.0770. The second-order valence-corrected chi connectivity index (χ2v) is 31.9. The number of anilines is 1. The number of rotatable bonds is 16. The first-order valence-electron chi connectivity index (χ1n) is 40.4. The monoisotopic (exact) mass is 1450 g/mol. The molecule has 6 aliphatic rings. The van der Waals surface area contributed by atoms with E-state index in [0.717, 1.165) is 90.4 Å². The Balaban J connectivity index is 0.584. The molecular weight excluding hydrogens is 1360 g/mol. The Morgan fingerprint density at radius 2 is 1.17 bits per heavy atom. The van der Waals surface area contributed by atoms with Crippen molar-refractivity contribution < 1.29 is 0 Å². The van der Waals surface area contributed by atoms with Crippen molar-refractivity contribution >= 4 is 97.3 Å². The Morgan fingerprint density at radius 3 is 2.00 bits per heavy atom. The first-order valence-corrected chi connectivity index (χ1v) is 40.4. The molecule has 544 valence electrons. The van der Waals surface area contributed by atoms with Crippen LogP contribution in [0.25, 0.3) is 136 Å². The first-order chi connectivity index (χ1) is 55.4. The molecule has 0 spiro atoms. The van der Waals surface area contributed by atoms with Crippen molar-refractivity contribution in [1.29, 1.82) is 0 Å². The summed E-state index contributed by atoms with van der Waals surface area (Å²) in [6, 6.07) is 86.1. The van der Waals surface area contributed by atoms with Gasteiger partial charge in [-0.15, -0.1) is 12.3 Å². The Kier molecular flexibility index (Phi) is 18.3. The van der Waals surface area contributed by atoms with Crippen LogP contribution in [0.2, 0.25) is 0 Å². The standard InChI is InChI=1S/C111H90N2/c1-9-77-63-76(60-75-52-55-90-81(62-75)30-18-40-92(90)94-41-25-47-102-97(94)56-57-113-111(102)104-49-22-34-84-66-87(73(8)109(84)104)67-86-65-83-33-21-48-103(108(83)72(86)7)105-69(4)50-53-79-29-12-15-37-91(79)105)64-82-32-20-44-100(107(82)71(77)6)95-42-24-45-99-96(95)54-51-70(5)106(99)98-43-19-31-80-61-74(26-17-39-89(80)98)58-68(3)59-85-35-23-46-101(110(85)112-10-2)93-38-16-13-28-78-27-11-14-36-88(78)93/h9,11-12,14-16,18-25,27-38,40-57,59,61-62,64-66,71,77,105,112H,1,4,7-8,10,17,26,39,58,60,63,67H2,2-3,5-6H3. The molecule has 3 unspecified atom stereocenters. The van der Waals surface area contributed by atoms with Crippen LogP contribution in [0.3, 0.4) is 0 Å². The molecule has 0 saturated heterocycles. The van der Waals surface area contributed by atoms with E-state index < -0.39 is 0 Å². The van der Waals surface area contributed by atoms with Crippen molar-refractivity contribution in [2.75, 3.05) is 11.9 Å². The summed E-state index contributed by atoms with van der Waals surface area (Å²) in [7, 11) is 0. The average molecular weight is 1450 g/mol. The maximum atomic E-state index is 5.21. The average Bonchev–Trinajstić information content (AvgIpc) is 1.69. The van der Waals surface area contributed by atoms with Crippen LogP contribution in [0.5, 0.6) is 0 Å². The van der Waals surface area contributed by atoms with Crippen LogP contribution in [0.4, 0.5) is 5.69 Å². The minimum Gasteiger partial charge on any atom is -0.384 e. The van der Waals surface area contributed by atoms with Crippen molar-refractivity contribution in [3.05, 3.63) is 421 Å². The Hall–Kier alpha value is -13.0. The van der Waals surface area contributed by atoms with Crippen LogP contribution < -0.4 is 5.32 Å². The number of fused-ring (bicyclic) bond motifs is 9. The zero-order valence-electron chi connectivity index (χ0n) is 65.0. The summed E-state index contributed by atoms with van der Waals surface area (Å²) < 4.78 is 0. The van der Waals surface area contributed by atoms with Crippen LogP contribution in [-0.2, 0) is 12.8 Å². The van der Waals surface area contributed by atoms with Crippen LogP contribution in [0.15, 0.2) is 327 Å². The number of nitrogens with one attached hydrogen (secondary N) is 1. The van der Waals surface area contributed by atoms with Gasteiger partial charge < -0.3 is 5.32 Å². The van der Waals surface area contributed by atoms with E-state index in [0.29, 0.717) is 0 Å². The number of hydrogen-bond acceptors (Lipinski definition) is 2. The van der Waals surface area contributed by atoms with E-state index in [1.165, 1.54) is 188 Å². The highest BCUT2D eigenvalue weighted by atomic mass is 14.9. The lowest BCUT2D eigenvalue weighted by molar-refractivity contribution is 0.540. The van der Waals surface area contributed by atoms with Gasteiger partial charge in [-0.1, -0.05) is 316 Å². The van der Waals surface area contributed by atoms with Crippen molar-refractivity contribution in [3.63, 3.8) is 0 Å². The molecule has 0 amide bonds. The predicted molar refractivity (Wildman–Crippen MR) is 485 cm³/mol. The maximum absolute atomic E-state index is 5.21. The van der Waals surface area contributed by atoms with Gasteiger partial charge in [-0.3, -0.25) is 4.98 Å². The van der Waals surface area contributed by atoms with Gasteiger partial charge in [-0.05, 0) is 285 Å². The number of benzene rings is 12. The van der Waals surface area contributed by atoms with Gasteiger partial charge in [0.25, 0.3) is 0 Å². The molecule has 0 bridgehead atoms. The SMILES string of the molecule is C=CC1CC(Cc2ccc3c(-c4cccc5c(-c6cccc7c6C(=C)C(CC6=Cc8cccc(C9C(=C)C=Cc%10ccccc%109)c8C6=C)=C7)nccc45)cccc3c2)=Cc2cccc(-c3cccc4c(-c5cccc6c5CCCC(CC(C)=Cc5cccc(C7=CC=C=Cc8ccccc87)c5NCC)=C6)c(C)ccc34)c2C1C. The first kappa shape index (κ1) is 70.4. The van der Waals surface area contributed by atoms with E-state index in [1.54, 1.807) is 0 Å². The van der Waals surface area contributed by atoms with Gasteiger partial charge in [0, 0.05) is 40.9 Å². The number of hydrogen-bond donors (Lipinski definition) is 1. The van der Waals surface area contributed by atoms with Gasteiger partial charge in [0.15, 0.2) is 0 Å². The molecule has 0 fully saturated rings. The molecule has 113 heavy (non-hydrogen) atoms. The minimum atomic E-state index is 0.0682. The van der Waals surface area contributed by atoms with Crippen LogP contribution in [0.1, 0.15) is 159 Å². The molecule has 13 aromatic rings. The Morgan fingerprint density at radius 1 is 0.531 bits per heavy atom. The zero-order valence-corrected chi connectivity index (χ0v) is 65.0. The van der Waals surface area contributed by atoms with Crippen LogP contribution in [0, 0.1) is 12.8 Å². The van der Waals surface area contributed by atoms with E-state index in [2.05, 4.69) is 343 Å². The van der Waals surface area contributed by atoms with Crippen molar-refractivity contribution in [3.8, 4) is 44.6 Å². The molecule has 0 aliphatic heterocycles. The smallest absolute Gasteiger partial charge is 0.0786 e. The fourth-order valence-electron chi connectivity index (χ4n) is 19.8. The summed E-state index contributed by atoms with van der Waals surface area (Å²) in [4.78, 5) is 5.21. The predicted octanol–water partition coefficient (Wildman–Crippen LogP) is 29.3. The van der Waals surface area contributed by atoms with Gasteiger partial charge in [0.05, 0.1) is 5.69 Å². The number of aryl methyl sites for hydroxylation is 1. The molecule has 1 N–H and O–H groups in total. The molecule has 1 aromatic heterocycles. The lowest BCUT2D eigenvalue weighted by Crippen LogP contribution is -2.10. The molecule has 6 aliphatic carbocycles. The largest absolute Gasteiger partial charge is 0.384 e. The second-order valence-electron chi connectivity index (χ2n) is 31.9. The second kappa shape index (κ2) is 29.4. The van der Waals surface area contributed by atoms with Gasteiger partial charge in [0.2, 0.25) is 0 Å². The third-order valence-electron chi connectivity index (χ3n) is 25.0. The molecule has 19 rings (SSSR count). The van der Waals surface area contributed by atoms with E-state index in [1.807, 2.05) is 12.3 Å². The molecule has 0 saturated carbocycles. The number of para-hydroxylation sites is 1. The normalized spacial score (nSPS) is 16.7. The summed E-state index contributed by atoms with van der Waals surface area (Å²) >= 11 is 0. The van der Waals surface area contributed by atoms with Gasteiger partial charge >= 0.3 is 0 Å². The fourth-order valence-corrected chi connectivity index (χ4v) is 19.8. The molecule has 2 heteroatoms. The minimum absolute atomic E-state index is 0.0682. The number of nitrogens with zero attached hydrogens (tertiary/aromatic N) is 1. The summed E-state index contributed by atoms with van der Waals surface area (Å²) in [5.74, 6) is 0.553. The van der Waals surface area contributed by atoms with E-state index in [4.69, 9.17) is 18.1 Å². The van der Waals surface area contributed by atoms with E-state index >= 15 is 0 Å². The molecule has 1 heterocycles. The number of allylic oxidation sites excluding steroid dienone is 12. The van der Waals surface area contributed by atoms with Crippen molar-refractivity contribution in [2.24, 2.45) is 5.92 Å². The summed E-state index contributed by atoms with van der Waals surface area (Å²) in [5, 5.41) is 11.1. The lowest BCUT2D eigenvalue weighted by atomic mass is 9.76. The van der Waals surface area contributed by atoms with Crippen LogP contribution in [-0.4, -0.2) is 11.5 Å². The maximum Gasteiger partial charge on any atom is 0.0786 e. The zero-order chi connectivity index (χ0) is 76.5. The molecule has 3 atom stereocenters. The number of aromatic nitrogens is 1. The highest BCUT2D eigenvalue weighted by Crippen LogP contribution is 2.53. The third kappa shape index (κ3) is 12.6. The summed E-state index contributed by atoms with van der Waals surface area (Å²) in [5.41, 5.74) is 46.9. The van der Waals surface area contributed by atoms with Crippen LogP contribution >= 0.6 is 0 Å². The topological polar surface area (TPSA) is 24.9 Å². The molecular formula is C111H90N2. The van der Waals surface area contributed by atoms with Crippen molar-refractivity contribution in [1.82, 2.24) is 4.98 Å². The Labute approximate surface area is 665 Å². The van der Waals surface area contributed by atoms with E-state index in [-0.39, 0.29) is 17.8 Å². The van der Waals surface area contributed by atoms with E-state index in [9.17, 15) is 0 Å². The lowest BCUT2D eigenvalue weighted by Gasteiger charge is -2.27. The van der Waals surface area contributed by atoms with Gasteiger partial charge in [-0.25, -0.2) is 0 Å². The third-order valence-corrected chi connectivity index (χ3v) is 25.0. The highest BCUT2D eigenvalue weighted by molar-refractivity contribution is 6.12. The van der Waals surface area contributed by atoms with Crippen molar-refractivity contribution in [2.45, 2.75) is 84.5 Å². The Bertz CT molecular complexity index is 6580. The highest BCUT2D eigenvalue weighted by Gasteiger charge is 2.33. The summed E-state index contributed by atoms with van der Waals surface area (Å²) in [6.45, 7) is 28.8. The molecule has 12 aromatic carbocycles. The molecule has 0 radical (unpaired) electrons.